The molecule has 0 aliphatic carbocycles. The Balaban J connectivity index is 2.31. The summed E-state index contributed by atoms with van der Waals surface area (Å²) in [6, 6.07) is 4.48. The van der Waals surface area contributed by atoms with E-state index in [-0.39, 0.29) is 17.0 Å². The summed E-state index contributed by atoms with van der Waals surface area (Å²) >= 11 is 0. The van der Waals surface area contributed by atoms with Crippen molar-refractivity contribution in [3.8, 4) is 11.5 Å². The van der Waals surface area contributed by atoms with Crippen LogP contribution in [0.15, 0.2) is 18.2 Å². The van der Waals surface area contributed by atoms with Crippen LogP contribution in [0.4, 0.5) is 5.69 Å². The number of nitro groups is 1. The van der Waals surface area contributed by atoms with Crippen LogP contribution in [0.2, 0.25) is 0 Å². The number of rotatable bonds is 4. The van der Waals surface area contributed by atoms with Gasteiger partial charge in [0.25, 0.3) is 0 Å². The van der Waals surface area contributed by atoms with E-state index in [4.69, 9.17) is 9.47 Å². The third kappa shape index (κ3) is 2.31. The summed E-state index contributed by atoms with van der Waals surface area (Å²) in [5.41, 5.74) is -0.421. The SMILES string of the molecule is COc1ccc([N+](=O)[O-])c(OC2(C)CNC2)c1. The molecule has 1 saturated heterocycles. The van der Waals surface area contributed by atoms with E-state index in [1.54, 1.807) is 12.1 Å². The summed E-state index contributed by atoms with van der Waals surface area (Å²) in [6.07, 6.45) is 0. The van der Waals surface area contributed by atoms with E-state index in [0.717, 1.165) is 0 Å². The Morgan fingerprint density at radius 1 is 1.47 bits per heavy atom. The Morgan fingerprint density at radius 2 is 2.18 bits per heavy atom. The molecule has 1 N–H and O–H groups in total. The van der Waals surface area contributed by atoms with Gasteiger partial charge in [0.2, 0.25) is 5.75 Å². The van der Waals surface area contributed by atoms with Crippen LogP contribution in [0.1, 0.15) is 6.92 Å². The number of nitrogens with one attached hydrogen (secondary N) is 1. The van der Waals surface area contributed by atoms with Gasteiger partial charge in [0.15, 0.2) is 0 Å². The van der Waals surface area contributed by atoms with Crippen LogP contribution < -0.4 is 14.8 Å². The molecule has 1 heterocycles. The molecule has 6 nitrogen and oxygen atoms in total. The smallest absolute Gasteiger partial charge is 0.311 e. The first-order valence-electron chi connectivity index (χ1n) is 5.26. The van der Waals surface area contributed by atoms with Crippen LogP contribution in [-0.4, -0.2) is 30.7 Å². The fourth-order valence-corrected chi connectivity index (χ4v) is 1.67. The van der Waals surface area contributed by atoms with Gasteiger partial charge in [-0.05, 0) is 13.0 Å². The van der Waals surface area contributed by atoms with E-state index in [1.165, 1.54) is 13.2 Å². The Bertz CT molecular complexity index is 443. The second kappa shape index (κ2) is 4.21. The first kappa shape index (κ1) is 11.7. The lowest BCUT2D eigenvalue weighted by Gasteiger charge is -2.39. The highest BCUT2D eigenvalue weighted by atomic mass is 16.6. The number of nitrogens with zero attached hydrogens (tertiary/aromatic N) is 1. The highest BCUT2D eigenvalue weighted by Gasteiger charge is 2.35. The molecule has 92 valence electrons. The van der Waals surface area contributed by atoms with E-state index in [1.807, 2.05) is 6.92 Å². The van der Waals surface area contributed by atoms with Gasteiger partial charge in [-0.1, -0.05) is 0 Å². The number of nitro benzene ring substituents is 1. The normalized spacial score (nSPS) is 17.1. The van der Waals surface area contributed by atoms with E-state index >= 15 is 0 Å². The van der Waals surface area contributed by atoms with Gasteiger partial charge in [-0.3, -0.25) is 10.1 Å². The summed E-state index contributed by atoms with van der Waals surface area (Å²) in [6.45, 7) is 3.27. The number of hydrogen-bond donors (Lipinski definition) is 1. The average Bonchev–Trinajstić information content (AvgIpc) is 2.26. The molecule has 0 radical (unpaired) electrons. The molecule has 6 heteroatoms. The van der Waals surface area contributed by atoms with Crippen molar-refractivity contribution in [2.75, 3.05) is 20.2 Å². The second-order valence-electron chi connectivity index (χ2n) is 4.25. The molecule has 1 aliphatic heterocycles. The first-order valence-corrected chi connectivity index (χ1v) is 5.26. The predicted octanol–water partition coefficient (Wildman–Crippen LogP) is 1.34. The summed E-state index contributed by atoms with van der Waals surface area (Å²) in [5, 5.41) is 14.0. The van der Waals surface area contributed by atoms with Gasteiger partial charge in [-0.2, -0.15) is 0 Å². The van der Waals surface area contributed by atoms with Gasteiger partial charge in [0.1, 0.15) is 11.4 Å². The van der Waals surface area contributed by atoms with Crippen molar-refractivity contribution in [3.63, 3.8) is 0 Å². The molecule has 0 saturated carbocycles. The zero-order valence-electron chi connectivity index (χ0n) is 9.73. The number of methoxy groups -OCH3 is 1. The Hall–Kier alpha value is -1.82. The standard InChI is InChI=1S/C11H14N2O4/c1-11(6-12-7-11)17-10-5-8(16-2)3-4-9(10)13(14)15/h3-5,12H,6-7H2,1-2H3. The molecule has 1 aliphatic rings. The topological polar surface area (TPSA) is 73.6 Å². The first-order chi connectivity index (χ1) is 8.04. The summed E-state index contributed by atoms with van der Waals surface area (Å²) in [4.78, 5) is 10.4. The van der Waals surface area contributed by atoms with Crippen LogP contribution in [0.5, 0.6) is 11.5 Å². The molecule has 0 aromatic heterocycles. The largest absolute Gasteiger partial charge is 0.497 e. The lowest BCUT2D eigenvalue weighted by Crippen LogP contribution is -2.61. The van der Waals surface area contributed by atoms with Crippen LogP contribution >= 0.6 is 0 Å². The fourth-order valence-electron chi connectivity index (χ4n) is 1.67. The van der Waals surface area contributed by atoms with Crippen LogP contribution in [0.3, 0.4) is 0 Å². The van der Waals surface area contributed by atoms with Gasteiger partial charge in [0, 0.05) is 25.2 Å². The van der Waals surface area contributed by atoms with Crippen LogP contribution in [0.25, 0.3) is 0 Å². The third-order valence-corrected chi connectivity index (χ3v) is 2.72. The van der Waals surface area contributed by atoms with Crippen molar-refractivity contribution in [2.24, 2.45) is 0 Å². The van der Waals surface area contributed by atoms with Gasteiger partial charge in [0.05, 0.1) is 12.0 Å². The molecule has 1 aromatic carbocycles. The highest BCUT2D eigenvalue weighted by Crippen LogP contribution is 2.34. The average molecular weight is 238 g/mol. The van der Waals surface area contributed by atoms with Crippen LogP contribution in [-0.2, 0) is 0 Å². The van der Waals surface area contributed by atoms with E-state index in [2.05, 4.69) is 5.32 Å². The molecule has 0 bridgehead atoms. The Morgan fingerprint density at radius 3 is 2.65 bits per heavy atom. The molecule has 1 aromatic rings. The maximum atomic E-state index is 10.9. The van der Waals surface area contributed by atoms with Crippen molar-refractivity contribution in [3.05, 3.63) is 28.3 Å². The lowest BCUT2D eigenvalue weighted by atomic mass is 10.00. The maximum Gasteiger partial charge on any atom is 0.311 e. The summed E-state index contributed by atoms with van der Waals surface area (Å²) in [7, 11) is 1.51. The molecule has 17 heavy (non-hydrogen) atoms. The molecule has 0 amide bonds. The van der Waals surface area contributed by atoms with Gasteiger partial charge in [-0.15, -0.1) is 0 Å². The van der Waals surface area contributed by atoms with Gasteiger partial charge >= 0.3 is 5.69 Å². The minimum Gasteiger partial charge on any atom is -0.497 e. The zero-order valence-corrected chi connectivity index (χ0v) is 9.73. The summed E-state index contributed by atoms with van der Waals surface area (Å²) in [5.74, 6) is 0.792. The number of ether oxygens (including phenoxy) is 2. The molecule has 1 fully saturated rings. The maximum absolute atomic E-state index is 10.9. The van der Waals surface area contributed by atoms with E-state index < -0.39 is 4.92 Å². The van der Waals surface area contributed by atoms with Gasteiger partial charge < -0.3 is 14.8 Å². The lowest BCUT2D eigenvalue weighted by molar-refractivity contribution is -0.386. The minimum absolute atomic E-state index is 0.0427. The molecule has 0 atom stereocenters. The predicted molar refractivity (Wildman–Crippen MR) is 61.6 cm³/mol. The molecule has 0 unspecified atom stereocenters. The minimum atomic E-state index is -0.454. The third-order valence-electron chi connectivity index (χ3n) is 2.72. The van der Waals surface area contributed by atoms with Crippen molar-refractivity contribution in [1.82, 2.24) is 5.32 Å². The fraction of sp³-hybridized carbons (Fsp3) is 0.455. The summed E-state index contributed by atoms with van der Waals surface area (Å²) < 4.78 is 10.7. The second-order valence-corrected chi connectivity index (χ2v) is 4.25. The quantitative estimate of drug-likeness (QED) is 0.633. The molecule has 0 spiro atoms. The Labute approximate surface area is 98.7 Å². The van der Waals surface area contributed by atoms with E-state index in [0.29, 0.717) is 18.8 Å². The number of hydrogen-bond acceptors (Lipinski definition) is 5. The zero-order chi connectivity index (χ0) is 12.5. The monoisotopic (exact) mass is 238 g/mol. The van der Waals surface area contributed by atoms with Crippen molar-refractivity contribution in [1.29, 1.82) is 0 Å². The number of benzene rings is 1. The molecule has 2 rings (SSSR count). The van der Waals surface area contributed by atoms with Crippen molar-refractivity contribution >= 4 is 5.69 Å². The van der Waals surface area contributed by atoms with Crippen molar-refractivity contribution in [2.45, 2.75) is 12.5 Å². The van der Waals surface area contributed by atoms with Crippen LogP contribution in [0, 0.1) is 10.1 Å². The molecular formula is C11H14N2O4. The molecular weight excluding hydrogens is 224 g/mol. The van der Waals surface area contributed by atoms with Gasteiger partial charge in [-0.25, -0.2) is 0 Å². The Kier molecular flexibility index (Phi) is 2.89. The highest BCUT2D eigenvalue weighted by molar-refractivity contribution is 5.51. The van der Waals surface area contributed by atoms with Crippen molar-refractivity contribution < 1.29 is 14.4 Å². The van der Waals surface area contributed by atoms with E-state index in [9.17, 15) is 10.1 Å².